The van der Waals surface area contributed by atoms with Crippen molar-refractivity contribution in [3.05, 3.63) is 134 Å². The van der Waals surface area contributed by atoms with Crippen LogP contribution in [0.15, 0.2) is 134 Å². The molecule has 6 nitrogen and oxygen atoms in total. The van der Waals surface area contributed by atoms with E-state index in [9.17, 15) is 14.4 Å². The number of esters is 3. The fourth-order valence-electron chi connectivity index (χ4n) is 9.38. The second kappa shape index (κ2) is 69.0. The third-order valence-corrected chi connectivity index (χ3v) is 14.4. The molecular weight excluding hydrogens is 1010 g/mol. The van der Waals surface area contributed by atoms with Gasteiger partial charge in [0.25, 0.3) is 0 Å². The minimum Gasteiger partial charge on any atom is -0.462 e. The fourth-order valence-corrected chi connectivity index (χ4v) is 9.38. The maximum Gasteiger partial charge on any atom is 0.306 e. The minimum atomic E-state index is -0.816. The number of ether oxygens (including phenoxy) is 3. The summed E-state index contributed by atoms with van der Waals surface area (Å²) in [5.74, 6) is -0.989. The highest BCUT2D eigenvalue weighted by Crippen LogP contribution is 2.17. The van der Waals surface area contributed by atoms with E-state index >= 15 is 0 Å². The van der Waals surface area contributed by atoms with Crippen LogP contribution in [0.1, 0.15) is 310 Å². The summed E-state index contributed by atoms with van der Waals surface area (Å²) in [5.41, 5.74) is 0. The lowest BCUT2D eigenvalue weighted by atomic mass is 10.0. The van der Waals surface area contributed by atoms with E-state index in [-0.39, 0.29) is 37.5 Å². The first-order valence-corrected chi connectivity index (χ1v) is 34.2. The molecule has 0 aromatic carbocycles. The van der Waals surface area contributed by atoms with Gasteiger partial charge in [0.15, 0.2) is 6.10 Å². The van der Waals surface area contributed by atoms with Crippen molar-refractivity contribution in [3.63, 3.8) is 0 Å². The Kier molecular flexibility index (Phi) is 65.3. The van der Waals surface area contributed by atoms with Gasteiger partial charge in [-0.15, -0.1) is 0 Å². The van der Waals surface area contributed by atoms with Crippen LogP contribution in [0.25, 0.3) is 0 Å². The van der Waals surface area contributed by atoms with Gasteiger partial charge in [-0.2, -0.15) is 0 Å². The zero-order chi connectivity index (χ0) is 59.2. The monoisotopic (exact) mass is 1130 g/mol. The smallest absolute Gasteiger partial charge is 0.306 e. The maximum absolute atomic E-state index is 13.0. The van der Waals surface area contributed by atoms with Crippen molar-refractivity contribution < 1.29 is 28.6 Å². The Morgan fingerprint density at radius 1 is 0.256 bits per heavy atom. The van der Waals surface area contributed by atoms with Crippen LogP contribution >= 0.6 is 0 Å². The molecule has 466 valence electrons. The topological polar surface area (TPSA) is 78.9 Å². The highest BCUT2D eigenvalue weighted by atomic mass is 16.6. The molecule has 0 fully saturated rings. The van der Waals surface area contributed by atoms with E-state index in [1.165, 1.54) is 148 Å². The molecule has 1 unspecified atom stereocenters. The molecule has 0 radical (unpaired) electrons. The lowest BCUT2D eigenvalue weighted by Gasteiger charge is -2.18. The van der Waals surface area contributed by atoms with Gasteiger partial charge in [-0.05, 0) is 103 Å². The first-order chi connectivity index (χ1) is 40.5. The molecule has 0 rings (SSSR count). The third-order valence-electron chi connectivity index (χ3n) is 14.4. The van der Waals surface area contributed by atoms with Crippen LogP contribution in [-0.4, -0.2) is 37.2 Å². The van der Waals surface area contributed by atoms with Crippen LogP contribution in [0.2, 0.25) is 0 Å². The summed E-state index contributed by atoms with van der Waals surface area (Å²) in [5, 5.41) is 0. The molecule has 0 N–H and O–H groups in total. The summed E-state index contributed by atoms with van der Waals surface area (Å²) in [7, 11) is 0. The third kappa shape index (κ3) is 66.4. The van der Waals surface area contributed by atoms with Gasteiger partial charge in [0.05, 0.1) is 0 Å². The SMILES string of the molecule is CC/C=C\C/C=C\C/C=C\C/C=C\C/C=C\C/C=C\CCC(=O)OCC(COC(=O)CCCCCCCCCCC/C=C\C/C=C\C/C=C\C/C=C\C/C=C\CC)OC(=O)CCCCCCCCCCCCCCCCCCCCCC. The first kappa shape index (κ1) is 77.5. The van der Waals surface area contributed by atoms with Crippen LogP contribution in [0.5, 0.6) is 0 Å². The number of rotatable bonds is 61. The average molecular weight is 1140 g/mol. The van der Waals surface area contributed by atoms with Gasteiger partial charge in [-0.25, -0.2) is 0 Å². The van der Waals surface area contributed by atoms with Crippen molar-refractivity contribution in [2.24, 2.45) is 0 Å². The molecule has 0 spiro atoms. The summed E-state index contributed by atoms with van der Waals surface area (Å²) < 4.78 is 16.9. The predicted molar refractivity (Wildman–Crippen MR) is 357 cm³/mol. The fraction of sp³-hybridized carbons (Fsp3) is 0.671. The van der Waals surface area contributed by atoms with Gasteiger partial charge < -0.3 is 14.2 Å². The number of carbonyl (C=O) groups excluding carboxylic acids is 3. The van der Waals surface area contributed by atoms with E-state index in [0.717, 1.165) is 116 Å². The number of carbonyl (C=O) groups is 3. The molecule has 0 heterocycles. The van der Waals surface area contributed by atoms with Crippen LogP contribution in [-0.2, 0) is 28.6 Å². The van der Waals surface area contributed by atoms with E-state index in [1.807, 2.05) is 6.08 Å². The van der Waals surface area contributed by atoms with Gasteiger partial charge in [0, 0.05) is 19.3 Å². The molecule has 0 aliphatic rings. The normalized spacial score (nSPS) is 13.0. The van der Waals surface area contributed by atoms with Crippen molar-refractivity contribution in [2.45, 2.75) is 316 Å². The van der Waals surface area contributed by atoms with Crippen LogP contribution < -0.4 is 0 Å². The summed E-state index contributed by atoms with van der Waals surface area (Å²) in [6.07, 6.45) is 97.6. The van der Waals surface area contributed by atoms with Crippen molar-refractivity contribution in [3.8, 4) is 0 Å². The van der Waals surface area contributed by atoms with Crippen LogP contribution in [0.4, 0.5) is 0 Å². The van der Waals surface area contributed by atoms with Gasteiger partial charge in [0.1, 0.15) is 13.2 Å². The number of hydrogen-bond donors (Lipinski definition) is 0. The van der Waals surface area contributed by atoms with E-state index in [4.69, 9.17) is 14.2 Å². The minimum absolute atomic E-state index is 0.106. The standard InChI is InChI=1S/C76H126O6/c1-4-7-10-13-16-19-22-25-28-31-34-36-37-38-39-40-43-45-48-51-54-57-60-63-66-69-75(78)81-72-73(71-80-74(77)68-65-62-59-56-53-50-47-44-41-33-30-27-24-21-18-15-12-9-6-3)82-76(79)70-67-64-61-58-55-52-49-46-42-35-32-29-26-23-20-17-14-11-8-5-2/h7,9-10,12,16,18-19,21,25,27-28,30,34,36,38-39,41,44,50,53,59,62,73H,4-6,8,11,13-15,17,20,22-24,26,29,31-33,35,37,40,42-43,45-49,51-52,54-58,60-61,63-72H2,1-3H3/b10-7-,12-9-,19-16-,21-18-,28-25-,30-27-,36-34-,39-38-,44-41-,53-50-,62-59-. The Morgan fingerprint density at radius 2 is 0.500 bits per heavy atom. The van der Waals surface area contributed by atoms with Crippen LogP contribution in [0, 0.1) is 0 Å². The molecule has 0 aliphatic carbocycles. The number of unbranched alkanes of at least 4 members (excludes halogenated alkanes) is 28. The largest absolute Gasteiger partial charge is 0.462 e. The van der Waals surface area contributed by atoms with Crippen molar-refractivity contribution in [2.75, 3.05) is 13.2 Å². The highest BCUT2D eigenvalue weighted by molar-refractivity contribution is 5.71. The quantitative estimate of drug-likeness (QED) is 0.0261. The number of hydrogen-bond acceptors (Lipinski definition) is 6. The Balaban J connectivity index is 4.47. The predicted octanol–water partition coefficient (Wildman–Crippen LogP) is 23.7. The average Bonchev–Trinajstić information content (AvgIpc) is 3.47. The van der Waals surface area contributed by atoms with Gasteiger partial charge >= 0.3 is 17.9 Å². The highest BCUT2D eigenvalue weighted by Gasteiger charge is 2.19. The van der Waals surface area contributed by atoms with Gasteiger partial charge in [0.2, 0.25) is 0 Å². The van der Waals surface area contributed by atoms with Crippen LogP contribution in [0.3, 0.4) is 0 Å². The molecule has 0 bridgehead atoms. The second-order valence-electron chi connectivity index (χ2n) is 22.3. The Hall–Kier alpha value is -4.45. The molecule has 0 aromatic rings. The molecule has 82 heavy (non-hydrogen) atoms. The summed E-state index contributed by atoms with van der Waals surface area (Å²) in [4.78, 5) is 38.4. The zero-order valence-corrected chi connectivity index (χ0v) is 53.5. The maximum atomic E-state index is 13.0. The van der Waals surface area contributed by atoms with Gasteiger partial charge in [-0.1, -0.05) is 321 Å². The van der Waals surface area contributed by atoms with E-state index in [2.05, 4.69) is 148 Å². The number of allylic oxidation sites excluding steroid dienone is 22. The lowest BCUT2D eigenvalue weighted by Crippen LogP contribution is -2.30. The van der Waals surface area contributed by atoms with E-state index in [0.29, 0.717) is 19.3 Å². The molecule has 0 aromatic heterocycles. The Labute approximate surface area is 506 Å². The molecule has 0 saturated carbocycles. The van der Waals surface area contributed by atoms with Crippen molar-refractivity contribution in [1.82, 2.24) is 0 Å². The van der Waals surface area contributed by atoms with E-state index in [1.54, 1.807) is 0 Å². The summed E-state index contributed by atoms with van der Waals surface area (Å²) in [6.45, 7) is 6.38. The lowest BCUT2D eigenvalue weighted by molar-refractivity contribution is -0.166. The molecular formula is C76H126O6. The van der Waals surface area contributed by atoms with Crippen molar-refractivity contribution >= 4 is 17.9 Å². The Morgan fingerprint density at radius 3 is 0.817 bits per heavy atom. The van der Waals surface area contributed by atoms with Gasteiger partial charge in [-0.3, -0.25) is 14.4 Å². The zero-order valence-electron chi connectivity index (χ0n) is 53.5. The summed E-state index contributed by atoms with van der Waals surface area (Å²) >= 11 is 0. The van der Waals surface area contributed by atoms with E-state index < -0.39 is 6.10 Å². The Bertz CT molecular complexity index is 1730. The molecule has 0 aliphatic heterocycles. The second-order valence-corrected chi connectivity index (χ2v) is 22.3. The molecule has 1 atom stereocenters. The first-order valence-electron chi connectivity index (χ1n) is 34.2. The summed E-state index contributed by atoms with van der Waals surface area (Å²) in [6, 6.07) is 0. The van der Waals surface area contributed by atoms with Crippen molar-refractivity contribution in [1.29, 1.82) is 0 Å². The molecule has 0 saturated heterocycles. The molecule has 6 heteroatoms. The molecule has 0 amide bonds.